The maximum absolute atomic E-state index is 10.7. The molecule has 0 amide bonds. The number of aromatic nitrogens is 2. The van der Waals surface area contributed by atoms with Gasteiger partial charge in [-0.2, -0.15) is 10.5 Å². The fourth-order valence-electron chi connectivity index (χ4n) is 10.4. The van der Waals surface area contributed by atoms with Crippen molar-refractivity contribution in [3.8, 4) is 23.6 Å². The van der Waals surface area contributed by atoms with Crippen LogP contribution < -0.4 is 36.6 Å². The van der Waals surface area contributed by atoms with E-state index in [1.807, 2.05) is 62.4 Å². The van der Waals surface area contributed by atoms with E-state index in [1.54, 1.807) is 0 Å². The van der Waals surface area contributed by atoms with E-state index in [-0.39, 0.29) is 22.5 Å². The first-order valence-electron chi connectivity index (χ1n) is 24.5. The van der Waals surface area contributed by atoms with Crippen molar-refractivity contribution in [2.24, 2.45) is 0 Å². The van der Waals surface area contributed by atoms with Gasteiger partial charge in [0, 0.05) is 60.2 Å². The summed E-state index contributed by atoms with van der Waals surface area (Å²) in [7, 11) is -13.3. The summed E-state index contributed by atoms with van der Waals surface area (Å²) in [6.07, 6.45) is 0. The third kappa shape index (κ3) is 11.4. The van der Waals surface area contributed by atoms with Crippen molar-refractivity contribution in [2.45, 2.75) is 33.1 Å². The summed E-state index contributed by atoms with van der Waals surface area (Å²) in [4.78, 5) is 9.50. The van der Waals surface area contributed by atoms with Crippen LogP contribution in [0, 0.1) is 36.5 Å². The fraction of sp³-hybridized carbons (Fsp3) is 0.0794. The third-order valence-electron chi connectivity index (χ3n) is 13.6. The van der Waals surface area contributed by atoms with Crippen LogP contribution in [-0.2, 0) is 22.5 Å². The van der Waals surface area contributed by atoms with Crippen LogP contribution in [0.3, 0.4) is 0 Å². The van der Waals surface area contributed by atoms with Crippen molar-refractivity contribution in [1.82, 2.24) is 9.97 Å². The number of rotatable bonds is 6. The summed E-state index contributed by atoms with van der Waals surface area (Å²) in [5.74, 6) is 2.07. The monoisotopic (exact) mass is 1150 g/mol. The zero-order chi connectivity index (χ0) is 54.3. The van der Waals surface area contributed by atoms with Crippen LogP contribution in [0.25, 0.3) is 43.4 Å². The van der Waals surface area contributed by atoms with Gasteiger partial charge in [0.25, 0.3) is 0 Å². The number of hydrogen-bond donors (Lipinski definition) is 0. The van der Waals surface area contributed by atoms with Crippen molar-refractivity contribution in [3.63, 3.8) is 0 Å². The van der Waals surface area contributed by atoms with Gasteiger partial charge in [0.2, 0.25) is 0 Å². The Morgan fingerprint density at radius 1 is 0.423 bits per heavy atom. The Hall–Kier alpha value is -7.51. The van der Waals surface area contributed by atoms with Crippen molar-refractivity contribution in [2.75, 3.05) is 0 Å². The average Bonchev–Trinajstić information content (AvgIpc) is 3.54. The summed E-state index contributed by atoms with van der Waals surface area (Å²) < 4.78 is 66.5. The van der Waals surface area contributed by atoms with Crippen molar-refractivity contribution < 1.29 is 47.0 Å². The molecule has 0 N–H and O–H groups in total. The summed E-state index contributed by atoms with van der Waals surface area (Å²) in [6.45, 7) is 8.60. The van der Waals surface area contributed by atoms with Gasteiger partial charge in [0.1, 0.15) is 59.8 Å². The second kappa shape index (κ2) is 21.0. The standard InChI is InChI=1S/C39H32OP2.C24H14N4.Cu.F6P/c1-39(2)33-25-15-27-35(41(29-17-7-3-8-18-29)30-19-9-4-10-20-30)37(33)40-38-34(39)26-16-28-36(38)42(31-21-11-5-12-22-31)32-23-13-6-14-24-32;1-13-7-9-17-21-19(11-25)15-5-3-4-6-16(15)20(12-26)22(21)18-10-8-14(2)28-24(18)23(17)27-13;;1-7(2,3,4,5)6/h3-28H,1-2H3;3-10H,1-2H3;;/q;;+1;-1/p+2. The first kappa shape index (κ1) is 55.3. The van der Waals surface area contributed by atoms with E-state index >= 15 is 0 Å². The van der Waals surface area contributed by atoms with Crippen LogP contribution in [0.15, 0.2) is 206 Å². The molecule has 0 atom stereocenters. The molecule has 5 nitrogen and oxygen atoms in total. The molecule has 0 aliphatic carbocycles. The molecule has 392 valence electrons. The van der Waals surface area contributed by atoms with Crippen molar-refractivity contribution >= 4 is 98.8 Å². The van der Waals surface area contributed by atoms with Crippen LogP contribution in [0.2, 0.25) is 0 Å². The maximum atomic E-state index is 10.1. The van der Waals surface area contributed by atoms with Crippen LogP contribution in [-0.4, -0.2) is 9.97 Å². The van der Waals surface area contributed by atoms with Gasteiger partial charge in [0.05, 0.1) is 22.2 Å². The van der Waals surface area contributed by atoms with Gasteiger partial charge in [-0.15, -0.1) is 0 Å². The van der Waals surface area contributed by atoms with Gasteiger partial charge in [-0.05, 0) is 86.6 Å². The third-order valence-corrected chi connectivity index (χ3v) is 19.1. The van der Waals surface area contributed by atoms with Crippen LogP contribution in [0.4, 0.5) is 25.2 Å². The van der Waals surface area contributed by atoms with Gasteiger partial charge >= 0.3 is 50.1 Å². The maximum Gasteiger partial charge on any atom is 1.00 e. The van der Waals surface area contributed by atoms with E-state index < -0.39 is 23.7 Å². The molecule has 12 rings (SSSR count). The van der Waals surface area contributed by atoms with Crippen LogP contribution in [0.1, 0.15) is 47.5 Å². The molecule has 0 fully saturated rings. The van der Waals surface area contributed by atoms with Gasteiger partial charge in [-0.3, -0.25) is 9.97 Å². The largest absolute Gasteiger partial charge is 1.00 e. The molecule has 0 bridgehead atoms. The molecule has 0 unspecified atom stereocenters. The van der Waals surface area contributed by atoms with Crippen LogP contribution >= 0.6 is 23.7 Å². The Balaban J connectivity index is 0.000000177. The first-order valence-corrected chi connectivity index (χ1v) is 29.6. The van der Waals surface area contributed by atoms with E-state index in [9.17, 15) is 35.7 Å². The number of para-hydroxylation sites is 2. The molecule has 0 spiro atoms. The van der Waals surface area contributed by atoms with E-state index in [2.05, 4.69) is 184 Å². The summed E-state index contributed by atoms with van der Waals surface area (Å²) >= 11 is 0. The Bertz CT molecular complexity index is 3820. The van der Waals surface area contributed by atoms with E-state index in [1.165, 1.54) is 43.0 Å². The minimum absolute atomic E-state index is 0. The molecule has 11 aromatic rings. The fourth-order valence-corrected chi connectivity index (χ4v) is 15.7. The molecule has 0 radical (unpaired) electrons. The second-order valence-corrected chi connectivity index (χ2v) is 26.0. The van der Waals surface area contributed by atoms with Gasteiger partial charge < -0.3 is 4.74 Å². The van der Waals surface area contributed by atoms with Crippen molar-refractivity contribution in [1.29, 1.82) is 10.5 Å². The number of ether oxygens (including phenoxy) is 1. The Kier molecular flexibility index (Phi) is 14.9. The van der Waals surface area contributed by atoms with Crippen molar-refractivity contribution in [3.05, 3.63) is 240 Å². The molecule has 1 aliphatic rings. The molecule has 2 aromatic heterocycles. The van der Waals surface area contributed by atoms with Gasteiger partial charge in [-0.1, -0.05) is 147 Å². The molecule has 3 heterocycles. The zero-order valence-corrected chi connectivity index (χ0v) is 46.2. The Morgan fingerprint density at radius 2 is 0.731 bits per heavy atom. The summed E-state index contributed by atoms with van der Waals surface area (Å²) in [5.41, 5.74) is 6.75. The van der Waals surface area contributed by atoms with E-state index in [4.69, 9.17) is 14.7 Å². The summed E-state index contributed by atoms with van der Waals surface area (Å²) in [6, 6.07) is 77.7. The predicted octanol–water partition coefficient (Wildman–Crippen LogP) is 15.9. The smallest absolute Gasteiger partial charge is 1.00 e. The molecular weight excluding hydrogens is 1100 g/mol. The number of pyridine rings is 2. The minimum Gasteiger partial charge on any atom is 1.00 e. The number of halogens is 6. The number of aryl methyl sites for hydroxylation is 2. The second-order valence-electron chi connectivity index (χ2n) is 19.2. The van der Waals surface area contributed by atoms with Gasteiger partial charge in [-0.25, -0.2) is 0 Å². The first-order chi connectivity index (χ1) is 36.7. The average molecular weight is 1150 g/mol. The molecular formula is C63H48CuF6N4OP3+2. The molecule has 15 heteroatoms. The van der Waals surface area contributed by atoms with E-state index in [0.29, 0.717) is 11.1 Å². The number of nitriles is 2. The topological polar surface area (TPSA) is 82.6 Å². The molecule has 0 saturated heterocycles. The number of fused-ring (bicyclic) bond motifs is 9. The Morgan fingerprint density at radius 3 is 1.04 bits per heavy atom. The summed E-state index contributed by atoms with van der Waals surface area (Å²) in [5, 5.41) is 33.0. The molecule has 9 aromatic carbocycles. The number of hydrogen-bond acceptors (Lipinski definition) is 5. The molecule has 1 aliphatic heterocycles. The Labute approximate surface area is 460 Å². The predicted molar refractivity (Wildman–Crippen MR) is 310 cm³/mol. The zero-order valence-electron chi connectivity index (χ0n) is 42.3. The van der Waals surface area contributed by atoms with Crippen LogP contribution in [0.5, 0.6) is 11.5 Å². The molecule has 78 heavy (non-hydrogen) atoms. The quantitative estimate of drug-likeness (QED) is 0.0545. The van der Waals surface area contributed by atoms with Gasteiger partial charge in [0.15, 0.2) is 11.5 Å². The van der Waals surface area contributed by atoms with E-state index in [0.717, 1.165) is 66.2 Å². The normalized spacial score (nSPS) is 13.3. The minimum atomic E-state index is -10.7. The SMILES string of the molecule is CC1(C)c2cccc([PH+](c3ccccc3)c3ccccc3)c2Oc2c([PH+](c3ccccc3)c3ccccc3)cccc21.Cc1ccc2c(n1)c1nc(C)ccc1c1c(C#N)c3ccccc3c(C#N)c21.F[P-](F)(F)(F)(F)F.[Cu+]. The number of nitrogens with zero attached hydrogens (tertiary/aromatic N) is 4. The number of benzene rings is 9. The molecule has 0 saturated carbocycles.